The molecule has 3 aromatic heterocycles. The molecule has 4 heterocycles. The van der Waals surface area contributed by atoms with E-state index < -0.39 is 17.6 Å². The summed E-state index contributed by atoms with van der Waals surface area (Å²) >= 11 is 8.76. The molecule has 54 heavy (non-hydrogen) atoms. The van der Waals surface area contributed by atoms with Gasteiger partial charge in [0.15, 0.2) is 11.6 Å². The zero-order chi connectivity index (χ0) is 38.1. The average molecular weight is 778 g/mol. The van der Waals surface area contributed by atoms with E-state index in [0.717, 1.165) is 56.4 Å². The van der Waals surface area contributed by atoms with Gasteiger partial charge in [-0.1, -0.05) is 11.6 Å². The van der Waals surface area contributed by atoms with Gasteiger partial charge in [-0.3, -0.25) is 9.36 Å². The predicted octanol–water partition coefficient (Wildman–Crippen LogP) is 8.30. The van der Waals surface area contributed by atoms with Gasteiger partial charge in [0.1, 0.15) is 11.4 Å². The molecule has 1 N–H and O–H groups in total. The van der Waals surface area contributed by atoms with E-state index in [9.17, 15) is 14.3 Å². The van der Waals surface area contributed by atoms with Crippen LogP contribution in [0.4, 0.5) is 8.78 Å². The van der Waals surface area contributed by atoms with Crippen molar-refractivity contribution in [1.82, 2.24) is 24.1 Å². The first-order valence-corrected chi connectivity index (χ1v) is 19.4. The molecule has 0 aliphatic carbocycles. The van der Waals surface area contributed by atoms with Crippen molar-refractivity contribution in [2.75, 3.05) is 33.5 Å². The van der Waals surface area contributed by atoms with Crippen LogP contribution in [0.1, 0.15) is 50.8 Å². The zero-order valence-electron chi connectivity index (χ0n) is 30.7. The van der Waals surface area contributed by atoms with Crippen LogP contribution >= 0.6 is 23.4 Å². The van der Waals surface area contributed by atoms with Crippen LogP contribution in [0.2, 0.25) is 5.02 Å². The summed E-state index contributed by atoms with van der Waals surface area (Å²) in [5.41, 5.74) is 7.57. The van der Waals surface area contributed by atoms with Crippen LogP contribution in [0, 0.1) is 25.5 Å². The Balaban J connectivity index is 1.33. The molecular formula is C40H42ClF2N5O5S. The molecule has 0 saturated heterocycles. The zero-order valence-corrected chi connectivity index (χ0v) is 32.3. The third kappa shape index (κ3) is 7.34. The van der Waals surface area contributed by atoms with Crippen molar-refractivity contribution in [2.24, 2.45) is 7.05 Å². The van der Waals surface area contributed by atoms with Gasteiger partial charge in [-0.05, 0) is 86.7 Å². The molecule has 3 aromatic carbocycles. The van der Waals surface area contributed by atoms with Gasteiger partial charge in [-0.2, -0.15) is 10.2 Å². The van der Waals surface area contributed by atoms with E-state index in [-0.39, 0.29) is 17.7 Å². The number of methoxy groups -OCH3 is 1. The molecule has 10 nitrogen and oxygen atoms in total. The first-order chi connectivity index (χ1) is 26.1. The van der Waals surface area contributed by atoms with Crippen LogP contribution in [-0.4, -0.2) is 68.7 Å². The van der Waals surface area contributed by atoms with Gasteiger partial charge in [0, 0.05) is 81.4 Å². The molecule has 0 fully saturated rings. The van der Waals surface area contributed by atoms with Gasteiger partial charge < -0.3 is 23.9 Å². The third-order valence-corrected chi connectivity index (χ3v) is 11.3. The van der Waals surface area contributed by atoms with Gasteiger partial charge in [-0.25, -0.2) is 13.6 Å². The van der Waals surface area contributed by atoms with E-state index in [1.165, 1.54) is 6.07 Å². The highest BCUT2D eigenvalue weighted by Gasteiger charge is 2.27. The number of aromatic nitrogens is 5. The fourth-order valence-electron chi connectivity index (χ4n) is 7.48. The topological polar surface area (TPSA) is 106 Å². The Bertz CT molecular complexity index is 2370. The lowest BCUT2D eigenvalue weighted by atomic mass is 9.97. The molecule has 0 amide bonds. The van der Waals surface area contributed by atoms with Crippen molar-refractivity contribution >= 4 is 51.0 Å². The van der Waals surface area contributed by atoms with Gasteiger partial charge in [0.25, 0.3) is 0 Å². The maximum atomic E-state index is 15.1. The number of ether oxygens (including phenoxy) is 3. The van der Waals surface area contributed by atoms with Crippen molar-refractivity contribution < 1.29 is 32.9 Å². The molecule has 1 aliphatic rings. The molecule has 14 heteroatoms. The van der Waals surface area contributed by atoms with Gasteiger partial charge in [0.2, 0.25) is 0 Å². The largest absolute Gasteiger partial charge is 0.493 e. The Hall–Kier alpha value is -4.43. The molecule has 0 saturated carbocycles. The summed E-state index contributed by atoms with van der Waals surface area (Å²) in [5.74, 6) is -1.28. The number of halogens is 3. The van der Waals surface area contributed by atoms with Crippen molar-refractivity contribution in [2.45, 2.75) is 57.7 Å². The summed E-state index contributed by atoms with van der Waals surface area (Å²) in [6, 6.07) is 12.0. The summed E-state index contributed by atoms with van der Waals surface area (Å²) in [7, 11) is 3.54. The number of carboxylic acid groups (broad SMARTS) is 1. The number of aryl methyl sites for hydroxylation is 5. The monoisotopic (exact) mass is 777 g/mol. The number of benzene rings is 3. The Morgan fingerprint density at radius 1 is 1.02 bits per heavy atom. The average Bonchev–Trinajstić information content (AvgIpc) is 3.76. The highest BCUT2D eigenvalue weighted by atomic mass is 35.5. The maximum Gasteiger partial charge on any atom is 0.352 e. The van der Waals surface area contributed by atoms with Crippen LogP contribution in [0.25, 0.3) is 32.8 Å². The highest BCUT2D eigenvalue weighted by molar-refractivity contribution is 7.97. The normalized spacial score (nSPS) is 14.0. The van der Waals surface area contributed by atoms with Crippen LogP contribution < -0.4 is 4.74 Å². The number of thioether (sulfide) groups is 1. The van der Waals surface area contributed by atoms with E-state index in [1.807, 2.05) is 48.5 Å². The second-order valence-electron chi connectivity index (χ2n) is 13.5. The number of nitrogens with zero attached hydrogens (tertiary/aromatic N) is 5. The quantitative estimate of drug-likeness (QED) is 0.162. The second-order valence-corrected chi connectivity index (χ2v) is 14.9. The Morgan fingerprint density at radius 2 is 1.85 bits per heavy atom. The van der Waals surface area contributed by atoms with Crippen molar-refractivity contribution in [3.8, 4) is 16.9 Å². The van der Waals surface area contributed by atoms with Crippen molar-refractivity contribution in [1.29, 1.82) is 0 Å². The van der Waals surface area contributed by atoms with Crippen LogP contribution in [0.15, 0.2) is 42.5 Å². The standard InChI is InChI=1S/C40H42ClF2N5O5S/c1-23-35-33-11-9-30(41)37(35)36-24(2)48(13-15-52-17-16-51-4)45-32(36)22-54-21-26-20-27(46(3)44-26)7-6-25-18-29-28(8-10-31(42)38(29)43)34(19-25)53-14-5-12-47(33)39(23)40(49)50/h8-11,18-20H,5-7,12-17,21-22H2,1-4H3,(H,49,50). The van der Waals surface area contributed by atoms with Crippen molar-refractivity contribution in [3.05, 3.63) is 98.7 Å². The van der Waals surface area contributed by atoms with E-state index in [1.54, 1.807) is 29.5 Å². The summed E-state index contributed by atoms with van der Waals surface area (Å²) in [4.78, 5) is 12.9. The number of rotatable bonds is 7. The molecule has 0 spiro atoms. The van der Waals surface area contributed by atoms with Gasteiger partial charge >= 0.3 is 5.97 Å². The molecule has 6 aromatic rings. The van der Waals surface area contributed by atoms with Crippen LogP contribution in [0.3, 0.4) is 0 Å². The van der Waals surface area contributed by atoms with E-state index in [2.05, 4.69) is 6.07 Å². The number of hydrogen-bond acceptors (Lipinski definition) is 7. The molecule has 0 unspecified atom stereocenters. The molecule has 8 bridgehead atoms. The number of aromatic carboxylic acids is 1. The SMILES string of the molecule is COCCOCCn1nc2c(c1C)-c1c(Cl)ccc3c1c(C)c(C(=O)O)n3CCCOc1cc(cc3c(F)c(F)ccc13)CCc1cc(nn1C)CSC2. The first kappa shape index (κ1) is 37.9. The fourth-order valence-corrected chi connectivity index (χ4v) is 8.58. The minimum Gasteiger partial charge on any atom is -0.493 e. The molecule has 0 atom stereocenters. The van der Waals surface area contributed by atoms with Crippen LogP contribution in [0.5, 0.6) is 5.75 Å². The summed E-state index contributed by atoms with van der Waals surface area (Å²) in [6.07, 6.45) is 1.63. The molecule has 284 valence electrons. The van der Waals surface area contributed by atoms with Crippen molar-refractivity contribution in [3.63, 3.8) is 0 Å². The summed E-state index contributed by atoms with van der Waals surface area (Å²) in [6.45, 7) is 6.29. The number of fused-ring (bicyclic) bond motifs is 8. The molecule has 1 aliphatic heterocycles. The highest BCUT2D eigenvalue weighted by Crippen LogP contribution is 2.43. The minimum atomic E-state index is -1.05. The number of carboxylic acids is 1. The smallest absolute Gasteiger partial charge is 0.352 e. The van der Waals surface area contributed by atoms with E-state index in [4.69, 9.17) is 36.0 Å². The lowest BCUT2D eigenvalue weighted by molar-refractivity contribution is 0.0652. The van der Waals surface area contributed by atoms with Gasteiger partial charge in [-0.15, -0.1) is 11.8 Å². The molecule has 0 radical (unpaired) electrons. The minimum absolute atomic E-state index is 0.155. The predicted molar refractivity (Wildman–Crippen MR) is 207 cm³/mol. The first-order valence-electron chi connectivity index (χ1n) is 17.9. The number of carbonyl (C=O) groups is 1. The summed E-state index contributed by atoms with van der Waals surface area (Å²) < 4.78 is 52.3. The maximum absolute atomic E-state index is 15.1. The molecular weight excluding hydrogens is 736 g/mol. The van der Waals surface area contributed by atoms with E-state index >= 15 is 4.39 Å². The summed E-state index contributed by atoms with van der Waals surface area (Å²) in [5, 5.41) is 22.3. The third-order valence-electron chi connectivity index (χ3n) is 10.0. The number of hydrogen-bond donors (Lipinski definition) is 1. The lowest BCUT2D eigenvalue weighted by Crippen LogP contribution is -2.12. The Labute approximate surface area is 320 Å². The molecule has 7 rings (SSSR count). The van der Waals surface area contributed by atoms with Crippen LogP contribution in [-0.2, 0) is 54.0 Å². The van der Waals surface area contributed by atoms with Gasteiger partial charge in [0.05, 0.1) is 44.4 Å². The van der Waals surface area contributed by atoms with E-state index in [0.29, 0.717) is 85.4 Å². The lowest BCUT2D eigenvalue weighted by Gasteiger charge is -2.14. The Kier molecular flexibility index (Phi) is 11.3. The fraction of sp³-hybridized carbons (Fsp3) is 0.375. The Morgan fingerprint density at radius 3 is 2.65 bits per heavy atom. The second kappa shape index (κ2) is 16.1.